The summed E-state index contributed by atoms with van der Waals surface area (Å²) in [6, 6.07) is 60.1. The molecule has 2 aliphatic carbocycles. The van der Waals surface area contributed by atoms with Gasteiger partial charge in [0.2, 0.25) is 0 Å². The molecule has 0 unspecified atom stereocenters. The van der Waals surface area contributed by atoms with Gasteiger partial charge in [0.25, 0.3) is 0 Å². The molecule has 10 rings (SSSR count). The van der Waals surface area contributed by atoms with E-state index < -0.39 is 0 Å². The molecule has 1 heterocycles. The molecule has 0 bridgehead atoms. The summed E-state index contributed by atoms with van der Waals surface area (Å²) >= 11 is 1.92. The molecular weight excluding hydrogens is 731 g/mol. The molecule has 286 valence electrons. The van der Waals surface area contributed by atoms with E-state index in [1.165, 1.54) is 76.2 Å². The molecule has 0 atom stereocenters. The summed E-state index contributed by atoms with van der Waals surface area (Å²) in [6.45, 7) is 16.1. The predicted octanol–water partition coefficient (Wildman–Crippen LogP) is 16.3. The lowest BCUT2D eigenvalue weighted by Gasteiger charge is -2.28. The minimum Gasteiger partial charge on any atom is -0.310 e. The number of thiophene rings is 1. The van der Waals surface area contributed by atoms with Crippen molar-refractivity contribution in [2.45, 2.75) is 45.4 Å². The summed E-state index contributed by atoms with van der Waals surface area (Å²) in [5, 5.41) is 1.39. The van der Waals surface area contributed by atoms with Crippen LogP contribution in [0.1, 0.15) is 68.0 Å². The van der Waals surface area contributed by atoms with Crippen molar-refractivity contribution in [3.63, 3.8) is 0 Å². The van der Waals surface area contributed by atoms with Crippen LogP contribution in [0.4, 0.5) is 17.1 Å². The largest absolute Gasteiger partial charge is 0.310 e. The van der Waals surface area contributed by atoms with Crippen molar-refractivity contribution >= 4 is 49.6 Å². The fraction of sp³-hybridized carbons (Fsp3) is 0.123. The molecule has 7 aromatic carbocycles. The predicted molar refractivity (Wildman–Crippen MR) is 255 cm³/mol. The highest BCUT2D eigenvalue weighted by Gasteiger charge is 2.39. The zero-order chi connectivity index (χ0) is 40.5. The molecule has 0 spiro atoms. The minimum atomic E-state index is -0.0916. The van der Waals surface area contributed by atoms with Gasteiger partial charge in [0.05, 0.1) is 0 Å². The maximum Gasteiger partial charge on any atom is 0.0465 e. The number of benzene rings is 7. The number of allylic oxidation sites excluding steroid dienone is 5. The second-order valence-electron chi connectivity index (χ2n) is 17.1. The van der Waals surface area contributed by atoms with Gasteiger partial charge in [0.15, 0.2) is 0 Å². The molecule has 1 nitrogen and oxygen atoms in total. The molecule has 0 aliphatic heterocycles. The van der Waals surface area contributed by atoms with Gasteiger partial charge in [-0.3, -0.25) is 0 Å². The smallest absolute Gasteiger partial charge is 0.0465 e. The summed E-state index contributed by atoms with van der Waals surface area (Å²) < 4.78 is 1.37. The highest BCUT2D eigenvalue weighted by Crippen LogP contribution is 2.56. The SMILES string of the molecule is C=C(/C=C\C=C(/C)c1ccc2c(c1)-c1sc3ccccc3c1C2(C)C)c1ccc(N(c2ccc(-c3ccccc3)cc2)c2ccc3c(c2)C(C)(C)c2ccccc2-3)cc1. The van der Waals surface area contributed by atoms with Gasteiger partial charge in [-0.25, -0.2) is 0 Å². The number of fused-ring (bicyclic) bond motifs is 8. The standard InChI is InChI=1S/C57H47NS/c1-37(15-14-16-38(2)42-27-34-51-49(35-42)55-54(57(51,5)6)48-20-11-13-22-53(48)59-55)39-23-28-43(29-24-39)58(44-30-25-41(26-31-44)40-17-8-7-9-18-40)45-32-33-47-46-19-10-12-21-50(46)56(3,4)52(47)36-45/h7-36H,1H2,2-6H3/b15-14-,38-16+. The van der Waals surface area contributed by atoms with Gasteiger partial charge in [-0.05, 0) is 133 Å². The van der Waals surface area contributed by atoms with Crippen molar-refractivity contribution < 1.29 is 0 Å². The van der Waals surface area contributed by atoms with Gasteiger partial charge < -0.3 is 4.90 Å². The third-order valence-electron chi connectivity index (χ3n) is 12.8. The van der Waals surface area contributed by atoms with Crippen LogP contribution in [0.25, 0.3) is 53.9 Å². The highest BCUT2D eigenvalue weighted by molar-refractivity contribution is 7.22. The Morgan fingerprint density at radius 2 is 1.15 bits per heavy atom. The first-order valence-corrected chi connectivity index (χ1v) is 21.4. The second kappa shape index (κ2) is 14.1. The first-order chi connectivity index (χ1) is 28.6. The Hall–Kier alpha value is -6.48. The van der Waals surface area contributed by atoms with E-state index in [-0.39, 0.29) is 10.8 Å². The van der Waals surface area contributed by atoms with E-state index >= 15 is 0 Å². The average molecular weight is 778 g/mol. The van der Waals surface area contributed by atoms with Gasteiger partial charge in [0, 0.05) is 37.5 Å². The van der Waals surface area contributed by atoms with Crippen LogP contribution in [0.3, 0.4) is 0 Å². The first kappa shape index (κ1) is 36.8. The Morgan fingerprint density at radius 1 is 0.542 bits per heavy atom. The van der Waals surface area contributed by atoms with Gasteiger partial charge in [-0.2, -0.15) is 0 Å². The molecule has 2 aliphatic rings. The van der Waals surface area contributed by atoms with E-state index in [1.54, 1.807) is 0 Å². The fourth-order valence-corrected chi connectivity index (χ4v) is 10.9. The molecule has 0 saturated carbocycles. The Balaban J connectivity index is 0.932. The van der Waals surface area contributed by atoms with Crippen LogP contribution in [0.2, 0.25) is 0 Å². The van der Waals surface area contributed by atoms with Crippen LogP contribution in [0, 0.1) is 0 Å². The fourth-order valence-electron chi connectivity index (χ4n) is 9.55. The van der Waals surface area contributed by atoms with Crippen LogP contribution >= 0.6 is 11.3 Å². The van der Waals surface area contributed by atoms with Crippen molar-refractivity contribution in [2.24, 2.45) is 0 Å². The van der Waals surface area contributed by atoms with Crippen LogP contribution in [0.5, 0.6) is 0 Å². The van der Waals surface area contributed by atoms with E-state index in [0.717, 1.165) is 28.2 Å². The van der Waals surface area contributed by atoms with Crippen LogP contribution in [-0.2, 0) is 10.8 Å². The summed E-state index contributed by atoms with van der Waals surface area (Å²) in [4.78, 5) is 3.80. The highest BCUT2D eigenvalue weighted by atomic mass is 32.1. The zero-order valence-corrected chi connectivity index (χ0v) is 35.2. The number of rotatable bonds is 8. The van der Waals surface area contributed by atoms with Gasteiger partial charge in [-0.1, -0.05) is 168 Å². The molecule has 0 N–H and O–H groups in total. The van der Waals surface area contributed by atoms with E-state index in [9.17, 15) is 0 Å². The van der Waals surface area contributed by atoms with Crippen molar-refractivity contribution in [1.29, 1.82) is 0 Å². The maximum absolute atomic E-state index is 4.48. The maximum atomic E-state index is 4.48. The molecule has 0 saturated heterocycles. The number of anilines is 3. The molecule has 1 aromatic heterocycles. The lowest BCUT2D eigenvalue weighted by molar-refractivity contribution is 0.660. The topological polar surface area (TPSA) is 3.24 Å². The second-order valence-corrected chi connectivity index (χ2v) is 18.2. The molecule has 0 amide bonds. The molecule has 0 radical (unpaired) electrons. The summed E-state index contributed by atoms with van der Waals surface area (Å²) in [5.74, 6) is 0. The zero-order valence-electron chi connectivity index (χ0n) is 34.4. The van der Waals surface area contributed by atoms with Crippen molar-refractivity contribution in [3.05, 3.63) is 222 Å². The quantitative estimate of drug-likeness (QED) is 0.139. The van der Waals surface area contributed by atoms with E-state index in [0.29, 0.717) is 0 Å². The third-order valence-corrected chi connectivity index (χ3v) is 14.0. The Bertz CT molecular complexity index is 2990. The number of hydrogen-bond acceptors (Lipinski definition) is 2. The van der Waals surface area contributed by atoms with Crippen LogP contribution in [-0.4, -0.2) is 0 Å². The third kappa shape index (κ3) is 6.13. The summed E-state index contributed by atoms with van der Waals surface area (Å²) in [7, 11) is 0. The van der Waals surface area contributed by atoms with Crippen molar-refractivity contribution in [1.82, 2.24) is 0 Å². The Labute approximate surface area is 353 Å². The van der Waals surface area contributed by atoms with Crippen LogP contribution < -0.4 is 4.90 Å². The van der Waals surface area contributed by atoms with Gasteiger partial charge in [0.1, 0.15) is 0 Å². The van der Waals surface area contributed by atoms with E-state index in [4.69, 9.17) is 0 Å². The number of nitrogens with zero attached hydrogens (tertiary/aromatic N) is 1. The van der Waals surface area contributed by atoms with E-state index in [2.05, 4.69) is 228 Å². The van der Waals surface area contributed by atoms with Crippen molar-refractivity contribution in [2.75, 3.05) is 4.90 Å². The van der Waals surface area contributed by atoms with Crippen LogP contribution in [0.15, 0.2) is 189 Å². The van der Waals surface area contributed by atoms with Crippen molar-refractivity contribution in [3.8, 4) is 32.7 Å². The minimum absolute atomic E-state index is 0.0116. The molecule has 0 fully saturated rings. The van der Waals surface area contributed by atoms with Gasteiger partial charge >= 0.3 is 0 Å². The average Bonchev–Trinajstić information content (AvgIpc) is 3.85. The van der Waals surface area contributed by atoms with E-state index in [1.807, 2.05) is 11.3 Å². The molecule has 8 aromatic rings. The number of hydrogen-bond donors (Lipinski definition) is 0. The lowest BCUT2D eigenvalue weighted by Crippen LogP contribution is -2.16. The Kier molecular flexibility index (Phi) is 8.81. The lowest BCUT2D eigenvalue weighted by atomic mass is 9.81. The molecule has 59 heavy (non-hydrogen) atoms. The first-order valence-electron chi connectivity index (χ1n) is 20.6. The summed E-state index contributed by atoms with van der Waals surface area (Å²) in [6.07, 6.45) is 6.47. The Morgan fingerprint density at radius 3 is 1.93 bits per heavy atom. The summed E-state index contributed by atoms with van der Waals surface area (Å²) in [5.41, 5.74) is 19.9. The monoisotopic (exact) mass is 777 g/mol. The normalized spacial score (nSPS) is 14.6. The molecule has 2 heteroatoms. The molecular formula is C57H47NS. The van der Waals surface area contributed by atoms with Gasteiger partial charge in [-0.15, -0.1) is 11.3 Å².